The second-order valence-electron chi connectivity index (χ2n) is 5.04. The van der Waals surface area contributed by atoms with Gasteiger partial charge in [-0.2, -0.15) is 0 Å². The highest BCUT2D eigenvalue weighted by Gasteiger charge is 2.05. The average molecular weight is 298 g/mol. The Balaban J connectivity index is 2.28. The summed E-state index contributed by atoms with van der Waals surface area (Å²) in [5.41, 5.74) is 6.86. The van der Waals surface area contributed by atoms with Gasteiger partial charge in [0.2, 0.25) is 5.91 Å². The van der Waals surface area contributed by atoms with Crippen molar-refractivity contribution in [3.63, 3.8) is 0 Å². The third-order valence-corrected chi connectivity index (χ3v) is 3.46. The summed E-state index contributed by atoms with van der Waals surface area (Å²) in [5, 5.41) is 3.33. The van der Waals surface area contributed by atoms with E-state index in [1.807, 2.05) is 0 Å². The van der Waals surface area contributed by atoms with E-state index in [0.29, 0.717) is 22.8 Å². The molecule has 1 aromatic rings. The number of halogens is 1. The number of carbonyl (C=O) groups excluding carboxylic acids is 1. The van der Waals surface area contributed by atoms with Crippen molar-refractivity contribution in [2.75, 3.05) is 31.2 Å². The molecule has 0 aliphatic carbocycles. The molecular formula is C15H24ClN3O. The number of hydrogen-bond acceptors (Lipinski definition) is 3. The van der Waals surface area contributed by atoms with Crippen LogP contribution in [0.2, 0.25) is 5.02 Å². The molecule has 0 saturated carbocycles. The first-order valence-corrected chi connectivity index (χ1v) is 7.44. The molecule has 0 spiro atoms. The number of carbonyl (C=O) groups is 1. The molecule has 20 heavy (non-hydrogen) atoms. The number of rotatable bonds is 8. The van der Waals surface area contributed by atoms with Gasteiger partial charge in [0, 0.05) is 12.1 Å². The molecule has 3 N–H and O–H groups in total. The van der Waals surface area contributed by atoms with Gasteiger partial charge in [-0.15, -0.1) is 0 Å². The van der Waals surface area contributed by atoms with Crippen molar-refractivity contribution in [1.82, 2.24) is 4.90 Å². The lowest BCUT2D eigenvalue weighted by atomic mass is 10.2. The lowest BCUT2D eigenvalue weighted by Gasteiger charge is -2.15. The summed E-state index contributed by atoms with van der Waals surface area (Å²) in [5.74, 6) is 0.00983. The Morgan fingerprint density at radius 1 is 1.35 bits per heavy atom. The maximum atomic E-state index is 11.8. The average Bonchev–Trinajstić information content (AvgIpc) is 2.40. The van der Waals surface area contributed by atoms with Crippen LogP contribution in [0.15, 0.2) is 18.2 Å². The maximum Gasteiger partial charge on any atom is 0.224 e. The van der Waals surface area contributed by atoms with Crippen molar-refractivity contribution in [2.45, 2.75) is 32.6 Å². The highest BCUT2D eigenvalue weighted by Crippen LogP contribution is 2.22. The van der Waals surface area contributed by atoms with E-state index in [4.69, 9.17) is 17.3 Å². The lowest BCUT2D eigenvalue weighted by molar-refractivity contribution is -0.116. The molecule has 0 atom stereocenters. The molecule has 1 aromatic carbocycles. The normalized spacial score (nSPS) is 10.8. The largest absolute Gasteiger partial charge is 0.397 e. The first-order valence-electron chi connectivity index (χ1n) is 7.06. The second kappa shape index (κ2) is 8.82. The second-order valence-corrected chi connectivity index (χ2v) is 5.45. The maximum absolute atomic E-state index is 11.8. The van der Waals surface area contributed by atoms with Crippen molar-refractivity contribution >= 4 is 28.9 Å². The first kappa shape index (κ1) is 16.8. The molecule has 1 amide bonds. The molecule has 0 aliphatic heterocycles. The van der Waals surface area contributed by atoms with Gasteiger partial charge in [-0.1, -0.05) is 24.9 Å². The van der Waals surface area contributed by atoms with E-state index in [0.717, 1.165) is 19.5 Å². The van der Waals surface area contributed by atoms with Crippen LogP contribution < -0.4 is 11.1 Å². The molecule has 0 aromatic heterocycles. The van der Waals surface area contributed by atoms with E-state index in [-0.39, 0.29) is 5.91 Å². The summed E-state index contributed by atoms with van der Waals surface area (Å²) in [6.45, 7) is 4.21. The number of nitrogens with zero attached hydrogens (tertiary/aromatic N) is 1. The van der Waals surface area contributed by atoms with Crippen LogP contribution in [0.4, 0.5) is 11.4 Å². The van der Waals surface area contributed by atoms with Gasteiger partial charge in [0.15, 0.2) is 0 Å². The number of nitrogens with one attached hydrogen (secondary N) is 1. The van der Waals surface area contributed by atoms with Gasteiger partial charge >= 0.3 is 0 Å². The van der Waals surface area contributed by atoms with Crippen LogP contribution in [0.5, 0.6) is 0 Å². The number of hydrogen-bond donors (Lipinski definition) is 2. The standard InChI is InChI=1S/C15H24ClN3O/c1-3-4-9-19(2)10-5-6-15(20)18-12-7-8-13(16)14(17)11-12/h7-8,11H,3-6,9-10,17H2,1-2H3,(H,18,20). The summed E-state index contributed by atoms with van der Waals surface area (Å²) >= 11 is 5.83. The topological polar surface area (TPSA) is 58.4 Å². The molecular weight excluding hydrogens is 274 g/mol. The summed E-state index contributed by atoms with van der Waals surface area (Å²) in [6.07, 6.45) is 3.77. The molecule has 1 rings (SSSR count). The fourth-order valence-electron chi connectivity index (χ4n) is 1.89. The molecule has 5 heteroatoms. The van der Waals surface area contributed by atoms with Crippen LogP contribution in [-0.4, -0.2) is 30.9 Å². The highest BCUT2D eigenvalue weighted by molar-refractivity contribution is 6.33. The number of anilines is 2. The summed E-state index contributed by atoms with van der Waals surface area (Å²) in [4.78, 5) is 14.1. The summed E-state index contributed by atoms with van der Waals surface area (Å²) in [7, 11) is 2.09. The predicted molar refractivity (Wildman–Crippen MR) is 86.1 cm³/mol. The molecule has 0 unspecified atom stereocenters. The molecule has 4 nitrogen and oxygen atoms in total. The van der Waals surface area contributed by atoms with Crippen LogP contribution in [0.25, 0.3) is 0 Å². The SMILES string of the molecule is CCCCN(C)CCCC(=O)Nc1ccc(Cl)c(N)c1. The van der Waals surface area contributed by atoms with Gasteiger partial charge in [0.05, 0.1) is 10.7 Å². The molecule has 0 saturated heterocycles. The van der Waals surface area contributed by atoms with E-state index >= 15 is 0 Å². The monoisotopic (exact) mass is 297 g/mol. The van der Waals surface area contributed by atoms with Gasteiger partial charge in [-0.05, 0) is 51.2 Å². The Bertz CT molecular complexity index is 437. The highest BCUT2D eigenvalue weighted by atomic mass is 35.5. The minimum Gasteiger partial charge on any atom is -0.397 e. The van der Waals surface area contributed by atoms with Gasteiger partial charge in [0.25, 0.3) is 0 Å². The molecule has 0 aliphatic rings. The Kier molecular flexibility index (Phi) is 7.41. The Morgan fingerprint density at radius 2 is 2.05 bits per heavy atom. The fourth-order valence-corrected chi connectivity index (χ4v) is 2.01. The quantitative estimate of drug-likeness (QED) is 0.723. The first-order chi connectivity index (χ1) is 9.52. The van der Waals surface area contributed by atoms with Crippen molar-refractivity contribution in [1.29, 1.82) is 0 Å². The third-order valence-electron chi connectivity index (χ3n) is 3.12. The molecule has 0 heterocycles. The zero-order valence-electron chi connectivity index (χ0n) is 12.3. The van der Waals surface area contributed by atoms with E-state index < -0.39 is 0 Å². The van der Waals surface area contributed by atoms with Crippen molar-refractivity contribution in [2.24, 2.45) is 0 Å². The van der Waals surface area contributed by atoms with Crippen LogP contribution in [0.1, 0.15) is 32.6 Å². The minimum absolute atomic E-state index is 0.00983. The van der Waals surface area contributed by atoms with E-state index in [1.54, 1.807) is 18.2 Å². The van der Waals surface area contributed by atoms with Gasteiger partial charge in [-0.3, -0.25) is 4.79 Å². The number of amides is 1. The van der Waals surface area contributed by atoms with E-state index in [9.17, 15) is 4.79 Å². The number of nitrogens with two attached hydrogens (primary N) is 1. The molecule has 0 radical (unpaired) electrons. The van der Waals surface area contributed by atoms with Gasteiger partial charge in [0.1, 0.15) is 0 Å². The Hall–Kier alpha value is -1.26. The van der Waals surface area contributed by atoms with Crippen LogP contribution in [-0.2, 0) is 4.79 Å². The molecule has 0 fully saturated rings. The van der Waals surface area contributed by atoms with Crippen molar-refractivity contribution in [3.8, 4) is 0 Å². The number of unbranched alkanes of at least 4 members (excludes halogenated alkanes) is 1. The number of benzene rings is 1. The van der Waals surface area contributed by atoms with E-state index in [1.165, 1.54) is 12.8 Å². The Morgan fingerprint density at radius 3 is 2.70 bits per heavy atom. The van der Waals surface area contributed by atoms with Crippen LogP contribution in [0.3, 0.4) is 0 Å². The fraction of sp³-hybridized carbons (Fsp3) is 0.533. The zero-order chi connectivity index (χ0) is 15.0. The summed E-state index contributed by atoms with van der Waals surface area (Å²) < 4.78 is 0. The lowest BCUT2D eigenvalue weighted by Crippen LogP contribution is -2.22. The summed E-state index contributed by atoms with van der Waals surface area (Å²) in [6, 6.07) is 5.11. The van der Waals surface area contributed by atoms with E-state index in [2.05, 4.69) is 24.2 Å². The molecule has 112 valence electrons. The smallest absolute Gasteiger partial charge is 0.224 e. The van der Waals surface area contributed by atoms with Crippen molar-refractivity contribution < 1.29 is 4.79 Å². The van der Waals surface area contributed by atoms with Crippen LogP contribution in [0, 0.1) is 0 Å². The molecule has 0 bridgehead atoms. The number of nitrogen functional groups attached to an aromatic ring is 1. The minimum atomic E-state index is 0.00983. The third kappa shape index (κ3) is 6.26. The zero-order valence-corrected chi connectivity index (χ0v) is 13.0. The van der Waals surface area contributed by atoms with Gasteiger partial charge < -0.3 is 16.0 Å². The predicted octanol–water partition coefficient (Wildman–Crippen LogP) is 3.37. The van der Waals surface area contributed by atoms with Crippen LogP contribution >= 0.6 is 11.6 Å². The van der Waals surface area contributed by atoms with Crippen molar-refractivity contribution in [3.05, 3.63) is 23.2 Å². The van der Waals surface area contributed by atoms with Gasteiger partial charge in [-0.25, -0.2) is 0 Å². The Labute approximate surface area is 126 Å².